The van der Waals surface area contributed by atoms with E-state index in [1.807, 2.05) is 0 Å². The molecule has 4 aliphatic rings. The van der Waals surface area contributed by atoms with E-state index >= 15 is 0 Å². The highest BCUT2D eigenvalue weighted by molar-refractivity contribution is 5.85. The molecule has 33 heavy (non-hydrogen) atoms. The van der Waals surface area contributed by atoms with Crippen LogP contribution in [0.4, 0.5) is 0 Å². The number of hydrogen-bond donors (Lipinski definition) is 1. The maximum Gasteiger partial charge on any atom is 0.306 e. The van der Waals surface area contributed by atoms with Crippen molar-refractivity contribution in [1.82, 2.24) is 0 Å². The number of aliphatic carboxylic acids is 1. The fraction of sp³-hybridized carbons (Fsp3) is 0.800. The molecule has 0 saturated heterocycles. The lowest BCUT2D eigenvalue weighted by molar-refractivity contribution is -0.149. The molecule has 184 valence electrons. The summed E-state index contributed by atoms with van der Waals surface area (Å²) >= 11 is 0. The lowest BCUT2D eigenvalue weighted by atomic mass is 9.41. The molecule has 0 aliphatic heterocycles. The number of carbonyl (C=O) groups excluding carboxylic acids is 1. The quantitative estimate of drug-likeness (QED) is 0.435. The van der Waals surface area contributed by atoms with Crippen molar-refractivity contribution in [3.8, 4) is 0 Å². The number of hydrogen-bond acceptors (Lipinski definition) is 2. The summed E-state index contributed by atoms with van der Waals surface area (Å²) in [5.41, 5.74) is 2.94. The molecular weight excluding hydrogens is 408 g/mol. The third-order valence-corrected chi connectivity index (χ3v) is 11.5. The van der Waals surface area contributed by atoms with E-state index in [0.717, 1.165) is 51.4 Å². The highest BCUT2D eigenvalue weighted by Crippen LogP contribution is 2.73. The van der Waals surface area contributed by atoms with Crippen LogP contribution in [0.5, 0.6) is 0 Å². The maximum atomic E-state index is 12.8. The second-order valence-corrected chi connectivity index (χ2v) is 13.4. The second kappa shape index (κ2) is 8.09. The van der Waals surface area contributed by atoms with Gasteiger partial charge in [0.1, 0.15) is 5.78 Å². The third-order valence-electron chi connectivity index (χ3n) is 11.5. The minimum Gasteiger partial charge on any atom is -0.481 e. The molecule has 4 rings (SSSR count). The molecule has 0 aromatic heterocycles. The number of ketones is 1. The van der Waals surface area contributed by atoms with Crippen molar-refractivity contribution in [2.24, 2.45) is 45.3 Å². The van der Waals surface area contributed by atoms with Gasteiger partial charge in [-0.25, -0.2) is 0 Å². The molecule has 3 nitrogen and oxygen atoms in total. The van der Waals surface area contributed by atoms with Gasteiger partial charge in [-0.15, -0.1) is 0 Å². The summed E-state index contributed by atoms with van der Waals surface area (Å²) in [6, 6.07) is 0. The van der Waals surface area contributed by atoms with E-state index < -0.39 is 5.97 Å². The zero-order chi connectivity index (χ0) is 24.4. The number of rotatable bonds is 5. The summed E-state index contributed by atoms with van der Waals surface area (Å²) < 4.78 is 0. The normalized spacial score (nSPS) is 42.5. The molecule has 0 aromatic rings. The number of Topliss-reactive ketones (excluding diaryl/α,β-unsaturated/α-hetero) is 1. The van der Waals surface area contributed by atoms with Crippen molar-refractivity contribution in [2.75, 3.05) is 0 Å². The lowest BCUT2D eigenvalue weighted by Crippen LogP contribution is -2.57. The molecule has 0 aromatic carbocycles. The molecule has 7 atom stereocenters. The van der Waals surface area contributed by atoms with E-state index in [2.05, 4.69) is 60.6 Å². The Morgan fingerprint density at radius 2 is 1.82 bits per heavy atom. The molecule has 3 fully saturated rings. The molecule has 0 spiro atoms. The van der Waals surface area contributed by atoms with Gasteiger partial charge in [0.05, 0.1) is 5.92 Å². The smallest absolute Gasteiger partial charge is 0.306 e. The first kappa shape index (κ1) is 24.7. The molecule has 0 heterocycles. The number of carbonyl (C=O) groups is 2. The third kappa shape index (κ3) is 3.50. The van der Waals surface area contributed by atoms with E-state index in [0.29, 0.717) is 24.0 Å². The highest BCUT2D eigenvalue weighted by Gasteiger charge is 2.66. The molecular formula is C30H46O3. The van der Waals surface area contributed by atoms with Gasteiger partial charge in [0.2, 0.25) is 0 Å². The zero-order valence-corrected chi connectivity index (χ0v) is 22.1. The van der Waals surface area contributed by atoms with E-state index in [1.165, 1.54) is 5.57 Å². The van der Waals surface area contributed by atoms with Gasteiger partial charge in [-0.1, -0.05) is 57.9 Å². The first-order valence-electron chi connectivity index (χ1n) is 13.4. The lowest BCUT2D eigenvalue weighted by Gasteiger charge is -2.63. The Morgan fingerprint density at radius 1 is 1.12 bits per heavy atom. The molecule has 3 heteroatoms. The molecule has 4 aliphatic carbocycles. The monoisotopic (exact) mass is 454 g/mol. The average molecular weight is 455 g/mol. The van der Waals surface area contributed by atoms with Crippen molar-refractivity contribution in [2.45, 2.75) is 106 Å². The van der Waals surface area contributed by atoms with Gasteiger partial charge in [0, 0.05) is 11.8 Å². The Labute approximate surface area is 201 Å². The summed E-state index contributed by atoms with van der Waals surface area (Å²) in [7, 11) is 0. The van der Waals surface area contributed by atoms with Crippen molar-refractivity contribution in [3.63, 3.8) is 0 Å². The molecule has 1 N–H and O–H groups in total. The topological polar surface area (TPSA) is 54.4 Å². The summed E-state index contributed by atoms with van der Waals surface area (Å²) in [5.74, 6) is 0.766. The van der Waals surface area contributed by atoms with Gasteiger partial charge in [0.15, 0.2) is 0 Å². The van der Waals surface area contributed by atoms with Crippen molar-refractivity contribution in [1.29, 1.82) is 0 Å². The average Bonchev–Trinajstić information content (AvgIpc) is 3.00. The fourth-order valence-electron chi connectivity index (χ4n) is 9.25. The van der Waals surface area contributed by atoms with Gasteiger partial charge in [-0.05, 0) is 99.2 Å². The second-order valence-electron chi connectivity index (χ2n) is 13.4. The maximum absolute atomic E-state index is 12.8. The van der Waals surface area contributed by atoms with Crippen LogP contribution in [0.1, 0.15) is 106 Å². The molecule has 0 bridgehead atoms. The minimum absolute atomic E-state index is 0.0343. The first-order valence-corrected chi connectivity index (χ1v) is 13.4. The SMILES string of the molecule is CC(C)=CCC[C@H](C(=O)O)C1CC[C@]2(C)C3=CC[C@H]4C(C)(C)C(=O)CC[C@]4(C)[C@H]3CC[C@@]12C. The van der Waals surface area contributed by atoms with E-state index in [4.69, 9.17) is 0 Å². The van der Waals surface area contributed by atoms with Crippen LogP contribution in [-0.4, -0.2) is 16.9 Å². The van der Waals surface area contributed by atoms with Crippen molar-refractivity contribution < 1.29 is 14.7 Å². The van der Waals surface area contributed by atoms with Crippen LogP contribution in [0.2, 0.25) is 0 Å². The first-order chi connectivity index (χ1) is 15.3. The predicted octanol–water partition coefficient (Wildman–Crippen LogP) is 7.61. The summed E-state index contributed by atoms with van der Waals surface area (Å²) in [6.45, 7) is 15.9. The zero-order valence-electron chi connectivity index (χ0n) is 22.1. The number of allylic oxidation sites excluding steroid dienone is 4. The Hall–Kier alpha value is -1.38. The minimum atomic E-state index is -0.605. The Kier molecular flexibility index (Phi) is 6.07. The predicted molar refractivity (Wildman–Crippen MR) is 134 cm³/mol. The Balaban J connectivity index is 1.67. The van der Waals surface area contributed by atoms with Gasteiger partial charge in [0.25, 0.3) is 0 Å². The van der Waals surface area contributed by atoms with E-state index in [-0.39, 0.29) is 33.5 Å². The molecule has 1 unspecified atom stereocenters. The highest BCUT2D eigenvalue weighted by atomic mass is 16.4. The summed E-state index contributed by atoms with van der Waals surface area (Å²) in [6.07, 6.45) is 13.4. The van der Waals surface area contributed by atoms with Gasteiger partial charge >= 0.3 is 5.97 Å². The number of carboxylic acid groups (broad SMARTS) is 1. The molecule has 0 radical (unpaired) electrons. The van der Waals surface area contributed by atoms with Gasteiger partial charge < -0.3 is 5.11 Å². The van der Waals surface area contributed by atoms with Crippen LogP contribution in [0.15, 0.2) is 23.3 Å². The van der Waals surface area contributed by atoms with E-state index in [9.17, 15) is 14.7 Å². The molecule has 3 saturated carbocycles. The molecule has 0 amide bonds. The Bertz CT molecular complexity index is 890. The van der Waals surface area contributed by atoms with Crippen molar-refractivity contribution >= 4 is 11.8 Å². The van der Waals surface area contributed by atoms with E-state index in [1.54, 1.807) is 5.57 Å². The number of carboxylic acids is 1. The van der Waals surface area contributed by atoms with Gasteiger partial charge in [-0.2, -0.15) is 0 Å². The van der Waals surface area contributed by atoms with Crippen LogP contribution in [-0.2, 0) is 9.59 Å². The standard InChI is InChI=1S/C30H46O3/c1-19(2)9-8-10-20(26(32)33)21-13-17-30(7)23-11-12-24-27(3,4)25(31)15-16-28(24,5)22(23)14-18-29(21,30)6/h9,11,20-22,24H,8,10,12-18H2,1-7H3,(H,32,33)/t20-,21?,22-,24-,28+,29-,30+/m0/s1. The summed E-state index contributed by atoms with van der Waals surface area (Å²) in [4.78, 5) is 25.2. The van der Waals surface area contributed by atoms with Crippen LogP contribution in [0.25, 0.3) is 0 Å². The van der Waals surface area contributed by atoms with Crippen LogP contribution in [0.3, 0.4) is 0 Å². The van der Waals surface area contributed by atoms with Crippen LogP contribution < -0.4 is 0 Å². The van der Waals surface area contributed by atoms with Crippen LogP contribution >= 0.6 is 0 Å². The summed E-state index contributed by atoms with van der Waals surface area (Å²) in [5, 5.41) is 10.2. The van der Waals surface area contributed by atoms with Crippen LogP contribution in [0, 0.1) is 45.3 Å². The Morgan fingerprint density at radius 3 is 2.45 bits per heavy atom. The van der Waals surface area contributed by atoms with Gasteiger partial charge in [-0.3, -0.25) is 9.59 Å². The fourth-order valence-corrected chi connectivity index (χ4v) is 9.25. The largest absolute Gasteiger partial charge is 0.481 e. The van der Waals surface area contributed by atoms with Crippen molar-refractivity contribution in [3.05, 3.63) is 23.3 Å². The number of fused-ring (bicyclic) bond motifs is 5.